The van der Waals surface area contributed by atoms with Crippen molar-refractivity contribution in [3.05, 3.63) is 0 Å². The number of rotatable bonds is 10. The molecule has 0 saturated carbocycles. The second-order valence-electron chi connectivity index (χ2n) is 4.91. The fourth-order valence-corrected chi connectivity index (χ4v) is 2.07. The minimum Gasteiger partial charge on any atom is -0.283 e. The Kier molecular flexibility index (Phi) is 8.52. The SMILES string of the molecule is O=S(=O)(O)C(F)C(F)(F)C(F)C(F)C(F)C(F)C(F)C(F)C(F)C(F)F. The van der Waals surface area contributed by atoms with E-state index in [9.17, 15) is 61.1 Å². The van der Waals surface area contributed by atoms with E-state index >= 15 is 0 Å². The molecule has 0 aromatic heterocycles. The molecule has 0 bridgehead atoms. The highest BCUT2D eigenvalue weighted by Gasteiger charge is 2.60. The normalized spacial score (nSPS) is 23.0. The van der Waals surface area contributed by atoms with Crippen LogP contribution in [0.1, 0.15) is 0 Å². The molecule has 0 fully saturated rings. The molecule has 0 radical (unpaired) electrons. The molecule has 0 aliphatic carbocycles. The molecule has 0 aromatic rings. The van der Waals surface area contributed by atoms with E-state index in [1.165, 1.54) is 0 Å². The first-order valence-electron chi connectivity index (χ1n) is 6.22. The molecule has 3 nitrogen and oxygen atoms in total. The summed E-state index contributed by atoms with van der Waals surface area (Å²) in [5.74, 6) is -6.01. The minimum atomic E-state index is -6.34. The van der Waals surface area contributed by atoms with Crippen molar-refractivity contribution < 1.29 is 65.7 Å². The molecule has 1 N–H and O–H groups in total. The second-order valence-corrected chi connectivity index (χ2v) is 6.35. The van der Waals surface area contributed by atoms with Crippen molar-refractivity contribution in [2.45, 2.75) is 61.1 Å². The molecule has 26 heavy (non-hydrogen) atoms. The molecule has 0 heterocycles. The summed E-state index contributed by atoms with van der Waals surface area (Å²) in [6, 6.07) is 0. The summed E-state index contributed by atoms with van der Waals surface area (Å²) in [6.45, 7) is 0. The predicted octanol–water partition coefficient (Wildman–Crippen LogP) is 3.44. The van der Waals surface area contributed by atoms with Gasteiger partial charge in [-0.3, -0.25) is 4.55 Å². The average Bonchev–Trinajstić information content (AvgIpc) is 2.54. The Morgan fingerprint density at radius 3 is 1.23 bits per heavy atom. The summed E-state index contributed by atoms with van der Waals surface area (Å²) in [5, 5.41) is 0. The van der Waals surface area contributed by atoms with Crippen molar-refractivity contribution in [1.82, 2.24) is 0 Å². The monoisotopic (exact) mass is 438 g/mol. The van der Waals surface area contributed by atoms with Crippen LogP contribution in [0.15, 0.2) is 0 Å². The largest absolute Gasteiger partial charge is 0.328 e. The van der Waals surface area contributed by atoms with Gasteiger partial charge >= 0.3 is 16.0 Å². The maximum Gasteiger partial charge on any atom is 0.328 e. The van der Waals surface area contributed by atoms with E-state index in [1.54, 1.807) is 0 Å². The third kappa shape index (κ3) is 5.53. The van der Waals surface area contributed by atoms with E-state index in [4.69, 9.17) is 4.55 Å². The highest BCUT2D eigenvalue weighted by molar-refractivity contribution is 7.86. The number of hydrogen-bond donors (Lipinski definition) is 1. The van der Waals surface area contributed by atoms with Gasteiger partial charge in [0.25, 0.3) is 11.9 Å². The Hall–Kier alpha value is -0.930. The molecule has 0 amide bonds. The van der Waals surface area contributed by atoms with Crippen molar-refractivity contribution in [1.29, 1.82) is 0 Å². The van der Waals surface area contributed by atoms with E-state index < -0.39 is 71.2 Å². The first kappa shape index (κ1) is 25.1. The summed E-state index contributed by atoms with van der Waals surface area (Å²) in [6.07, 6.45) is -34.6. The molecule has 158 valence electrons. The highest BCUT2D eigenvalue weighted by Crippen LogP contribution is 2.37. The highest BCUT2D eigenvalue weighted by atomic mass is 32.2. The van der Waals surface area contributed by atoms with E-state index in [-0.39, 0.29) is 0 Å². The zero-order valence-corrected chi connectivity index (χ0v) is 12.7. The van der Waals surface area contributed by atoms with Gasteiger partial charge in [-0.2, -0.15) is 17.2 Å². The molecule has 0 aliphatic rings. The Bertz CT molecular complexity index is 545. The lowest BCUT2D eigenvalue weighted by molar-refractivity contribution is -0.145. The van der Waals surface area contributed by atoms with Crippen molar-refractivity contribution in [3.63, 3.8) is 0 Å². The molecule has 16 heteroatoms. The van der Waals surface area contributed by atoms with Crippen LogP contribution in [0.4, 0.5) is 52.7 Å². The first-order valence-corrected chi connectivity index (χ1v) is 7.73. The first-order chi connectivity index (χ1) is 11.5. The Morgan fingerprint density at radius 1 is 0.615 bits per heavy atom. The summed E-state index contributed by atoms with van der Waals surface area (Å²) >= 11 is 0. The Morgan fingerprint density at radius 2 is 0.923 bits per heavy atom. The van der Waals surface area contributed by atoms with Crippen LogP contribution >= 0.6 is 0 Å². The van der Waals surface area contributed by atoms with Crippen LogP contribution in [0.3, 0.4) is 0 Å². The maximum absolute atomic E-state index is 13.2. The molecule has 8 atom stereocenters. The van der Waals surface area contributed by atoms with Crippen LogP contribution in [0.5, 0.6) is 0 Å². The Labute approximate surface area is 138 Å². The zero-order valence-electron chi connectivity index (χ0n) is 11.9. The lowest BCUT2D eigenvalue weighted by Crippen LogP contribution is -2.53. The van der Waals surface area contributed by atoms with E-state index in [1.807, 2.05) is 0 Å². The standard InChI is InChI=1S/C10H10F12O3S/c11-1(2(12)4(14)6(16)8(18)19)3(13)5(15)7(17)10(21,22)9(20)26(23,24)25/h1-9H,(H,23,24,25). The quantitative estimate of drug-likeness (QED) is 0.420. The second kappa shape index (κ2) is 8.84. The summed E-state index contributed by atoms with van der Waals surface area (Å²) < 4.78 is 182. The van der Waals surface area contributed by atoms with Gasteiger partial charge < -0.3 is 0 Å². The molecule has 0 saturated heterocycles. The van der Waals surface area contributed by atoms with Crippen LogP contribution in [0.25, 0.3) is 0 Å². The summed E-state index contributed by atoms with van der Waals surface area (Å²) in [4.78, 5) is 0. The van der Waals surface area contributed by atoms with Gasteiger partial charge in [0, 0.05) is 0 Å². The minimum absolute atomic E-state index is 4.02. The third-order valence-electron chi connectivity index (χ3n) is 2.97. The van der Waals surface area contributed by atoms with E-state index in [2.05, 4.69) is 0 Å². The van der Waals surface area contributed by atoms with Gasteiger partial charge in [0.2, 0.25) is 6.17 Å². The average molecular weight is 438 g/mol. The molecule has 0 spiro atoms. The lowest BCUT2D eigenvalue weighted by atomic mass is 9.97. The van der Waals surface area contributed by atoms with Gasteiger partial charge in [0.15, 0.2) is 37.0 Å². The van der Waals surface area contributed by atoms with E-state index in [0.29, 0.717) is 0 Å². The van der Waals surface area contributed by atoms with Crippen LogP contribution < -0.4 is 0 Å². The fraction of sp³-hybridized carbons (Fsp3) is 1.00. The molecule has 0 aromatic carbocycles. The van der Waals surface area contributed by atoms with Gasteiger partial charge in [-0.25, -0.2) is 43.9 Å². The van der Waals surface area contributed by atoms with Gasteiger partial charge in [-0.15, -0.1) is 0 Å². The van der Waals surface area contributed by atoms with Crippen LogP contribution in [0, 0.1) is 0 Å². The Balaban J connectivity index is 5.32. The summed E-state index contributed by atoms with van der Waals surface area (Å²) in [5.41, 5.74) is -4.84. The van der Waals surface area contributed by atoms with Crippen LogP contribution in [-0.2, 0) is 10.1 Å². The predicted molar refractivity (Wildman–Crippen MR) is 61.7 cm³/mol. The number of halogens is 12. The maximum atomic E-state index is 13.2. The number of hydrogen-bond acceptors (Lipinski definition) is 2. The van der Waals surface area contributed by atoms with Gasteiger partial charge in [0.1, 0.15) is 0 Å². The fourth-order valence-electron chi connectivity index (χ4n) is 1.54. The summed E-state index contributed by atoms with van der Waals surface area (Å²) in [7, 11) is -6.34. The third-order valence-corrected chi connectivity index (χ3v) is 3.81. The smallest absolute Gasteiger partial charge is 0.283 e. The molecule has 8 unspecified atom stereocenters. The molecule has 0 rings (SSSR count). The number of alkyl halides is 12. The van der Waals surface area contributed by atoms with Crippen LogP contribution in [0.2, 0.25) is 0 Å². The van der Waals surface area contributed by atoms with Crippen LogP contribution in [-0.4, -0.2) is 74.0 Å². The van der Waals surface area contributed by atoms with Gasteiger partial charge in [-0.1, -0.05) is 0 Å². The molecule has 0 aliphatic heterocycles. The van der Waals surface area contributed by atoms with Gasteiger partial charge in [0.05, 0.1) is 0 Å². The molecular weight excluding hydrogens is 428 g/mol. The zero-order chi connectivity index (χ0) is 21.2. The lowest BCUT2D eigenvalue weighted by Gasteiger charge is -2.28. The van der Waals surface area contributed by atoms with Crippen molar-refractivity contribution in [2.24, 2.45) is 0 Å². The topological polar surface area (TPSA) is 54.4 Å². The van der Waals surface area contributed by atoms with Crippen molar-refractivity contribution >= 4 is 10.1 Å². The molecular formula is C10H10F12O3S. The van der Waals surface area contributed by atoms with Crippen molar-refractivity contribution in [3.8, 4) is 0 Å². The van der Waals surface area contributed by atoms with Crippen molar-refractivity contribution in [2.75, 3.05) is 0 Å². The van der Waals surface area contributed by atoms with E-state index in [0.717, 1.165) is 0 Å². The van der Waals surface area contributed by atoms with Gasteiger partial charge in [-0.05, 0) is 0 Å².